The minimum atomic E-state index is 0.828. The lowest BCUT2D eigenvalue weighted by Gasteiger charge is -2.05. The molecular formula is C17H25N3. The van der Waals surface area contributed by atoms with E-state index in [1.807, 2.05) is 0 Å². The Labute approximate surface area is 122 Å². The van der Waals surface area contributed by atoms with Crippen LogP contribution in [0, 0.1) is 6.92 Å². The molecule has 1 heterocycles. The largest absolute Gasteiger partial charge is 0.365 e. The second-order valence-electron chi connectivity index (χ2n) is 5.27. The number of hydrogen-bond acceptors (Lipinski definition) is 2. The summed E-state index contributed by atoms with van der Waals surface area (Å²) >= 11 is 0. The number of benzene rings is 1. The summed E-state index contributed by atoms with van der Waals surface area (Å²) in [4.78, 5) is 0. The monoisotopic (exact) mass is 271 g/mol. The number of nitrogens with zero attached hydrogens (tertiary/aromatic N) is 2. The van der Waals surface area contributed by atoms with Crippen LogP contribution in [-0.4, -0.2) is 9.78 Å². The van der Waals surface area contributed by atoms with Gasteiger partial charge in [0.05, 0.1) is 0 Å². The Morgan fingerprint density at radius 3 is 2.45 bits per heavy atom. The molecule has 0 aliphatic carbocycles. The van der Waals surface area contributed by atoms with Gasteiger partial charge in [0.25, 0.3) is 0 Å². The maximum absolute atomic E-state index is 4.60. The Morgan fingerprint density at radius 1 is 1.10 bits per heavy atom. The molecule has 1 aromatic carbocycles. The van der Waals surface area contributed by atoms with Crippen LogP contribution in [0.2, 0.25) is 0 Å². The van der Waals surface area contributed by atoms with E-state index in [1.54, 1.807) is 0 Å². The number of anilines is 1. The van der Waals surface area contributed by atoms with Gasteiger partial charge in [0.1, 0.15) is 5.82 Å². The Bertz CT molecular complexity index is 526. The average Bonchev–Trinajstić information content (AvgIpc) is 2.84. The molecule has 3 heteroatoms. The molecule has 2 aromatic rings. The predicted molar refractivity (Wildman–Crippen MR) is 85.0 cm³/mol. The summed E-state index contributed by atoms with van der Waals surface area (Å²) in [6.45, 7) is 8.34. The van der Waals surface area contributed by atoms with Gasteiger partial charge < -0.3 is 5.32 Å². The van der Waals surface area contributed by atoms with E-state index in [-0.39, 0.29) is 0 Å². The van der Waals surface area contributed by atoms with Gasteiger partial charge in [-0.3, -0.25) is 4.68 Å². The number of rotatable bonds is 7. The Balaban J connectivity index is 1.92. The summed E-state index contributed by atoms with van der Waals surface area (Å²) in [5.41, 5.74) is 3.90. The van der Waals surface area contributed by atoms with E-state index in [4.69, 9.17) is 0 Å². The second-order valence-corrected chi connectivity index (χ2v) is 5.27. The minimum absolute atomic E-state index is 0.828. The van der Waals surface area contributed by atoms with Crippen LogP contribution in [0.25, 0.3) is 0 Å². The Morgan fingerprint density at radius 2 is 1.80 bits per heavy atom. The molecule has 2 rings (SSSR count). The van der Waals surface area contributed by atoms with Crippen LogP contribution in [0.4, 0.5) is 5.82 Å². The first-order valence-corrected chi connectivity index (χ1v) is 7.59. The summed E-state index contributed by atoms with van der Waals surface area (Å²) in [5, 5.41) is 8.01. The van der Waals surface area contributed by atoms with E-state index in [1.165, 1.54) is 29.7 Å². The molecule has 108 valence electrons. The zero-order valence-electron chi connectivity index (χ0n) is 12.8. The van der Waals surface area contributed by atoms with Gasteiger partial charge in [-0.15, -0.1) is 0 Å². The first kappa shape index (κ1) is 14.6. The third-order valence-electron chi connectivity index (χ3n) is 3.61. The van der Waals surface area contributed by atoms with Crippen LogP contribution >= 0.6 is 0 Å². The lowest BCUT2D eigenvalue weighted by molar-refractivity contribution is 0.560. The van der Waals surface area contributed by atoms with Gasteiger partial charge in [-0.25, -0.2) is 0 Å². The fourth-order valence-electron chi connectivity index (χ4n) is 2.22. The molecule has 3 nitrogen and oxygen atoms in total. The molecule has 1 aromatic heterocycles. The van der Waals surface area contributed by atoms with Crippen molar-refractivity contribution in [3.8, 4) is 0 Å². The fourth-order valence-corrected chi connectivity index (χ4v) is 2.22. The molecule has 0 spiro atoms. The van der Waals surface area contributed by atoms with Crippen molar-refractivity contribution in [2.45, 2.75) is 53.1 Å². The standard InChI is InChI=1S/C17H25N3/c1-4-6-11-20-14(3)12-17(19-20)18-13-16-9-7-15(5-2)8-10-16/h7-10,12H,4-6,11,13H2,1-3H3,(H,18,19). The molecule has 0 aliphatic heterocycles. The molecule has 0 aliphatic rings. The molecule has 0 bridgehead atoms. The molecule has 0 saturated heterocycles. The number of aromatic nitrogens is 2. The van der Waals surface area contributed by atoms with Crippen LogP contribution in [0.15, 0.2) is 30.3 Å². The molecule has 0 fully saturated rings. The average molecular weight is 271 g/mol. The lowest BCUT2D eigenvalue weighted by atomic mass is 10.1. The molecule has 1 N–H and O–H groups in total. The van der Waals surface area contributed by atoms with Crippen molar-refractivity contribution in [2.75, 3.05) is 5.32 Å². The molecule has 20 heavy (non-hydrogen) atoms. The van der Waals surface area contributed by atoms with Crippen molar-refractivity contribution in [2.24, 2.45) is 0 Å². The van der Waals surface area contributed by atoms with Gasteiger partial charge in [-0.1, -0.05) is 44.5 Å². The zero-order chi connectivity index (χ0) is 14.4. The quantitative estimate of drug-likeness (QED) is 0.819. The molecule has 0 radical (unpaired) electrons. The minimum Gasteiger partial charge on any atom is -0.365 e. The molecule has 0 atom stereocenters. The van der Waals surface area contributed by atoms with Crippen LogP contribution < -0.4 is 5.32 Å². The SMILES string of the molecule is CCCCn1nc(NCc2ccc(CC)cc2)cc1C. The van der Waals surface area contributed by atoms with Crippen molar-refractivity contribution < 1.29 is 0 Å². The van der Waals surface area contributed by atoms with Crippen molar-refractivity contribution in [1.82, 2.24) is 9.78 Å². The van der Waals surface area contributed by atoms with Gasteiger partial charge >= 0.3 is 0 Å². The number of hydrogen-bond donors (Lipinski definition) is 1. The van der Waals surface area contributed by atoms with E-state index < -0.39 is 0 Å². The van der Waals surface area contributed by atoms with Gasteiger partial charge in [-0.05, 0) is 30.9 Å². The van der Waals surface area contributed by atoms with E-state index in [0.717, 1.165) is 25.3 Å². The summed E-state index contributed by atoms with van der Waals surface area (Å²) < 4.78 is 2.09. The normalized spacial score (nSPS) is 10.8. The molecule has 0 saturated carbocycles. The van der Waals surface area contributed by atoms with E-state index in [2.05, 4.69) is 66.2 Å². The van der Waals surface area contributed by atoms with E-state index >= 15 is 0 Å². The van der Waals surface area contributed by atoms with Crippen LogP contribution in [0.3, 0.4) is 0 Å². The van der Waals surface area contributed by atoms with E-state index in [0.29, 0.717) is 0 Å². The summed E-state index contributed by atoms with van der Waals surface area (Å²) in [6, 6.07) is 10.9. The maximum Gasteiger partial charge on any atom is 0.148 e. The Kier molecular flexibility index (Phi) is 5.22. The highest BCUT2D eigenvalue weighted by Crippen LogP contribution is 2.12. The van der Waals surface area contributed by atoms with Gasteiger partial charge in [0.2, 0.25) is 0 Å². The predicted octanol–water partition coefficient (Wildman–Crippen LogP) is 4.17. The van der Waals surface area contributed by atoms with Crippen molar-refractivity contribution >= 4 is 5.82 Å². The smallest absolute Gasteiger partial charge is 0.148 e. The van der Waals surface area contributed by atoms with Gasteiger partial charge in [0, 0.05) is 24.8 Å². The zero-order valence-corrected chi connectivity index (χ0v) is 12.8. The number of aryl methyl sites for hydroxylation is 3. The summed E-state index contributed by atoms with van der Waals surface area (Å²) in [6.07, 6.45) is 3.47. The highest BCUT2D eigenvalue weighted by atomic mass is 15.3. The molecule has 0 amide bonds. The highest BCUT2D eigenvalue weighted by Gasteiger charge is 2.03. The van der Waals surface area contributed by atoms with Crippen molar-refractivity contribution in [3.05, 3.63) is 47.2 Å². The molecule has 0 unspecified atom stereocenters. The van der Waals surface area contributed by atoms with Crippen LogP contribution in [0.1, 0.15) is 43.5 Å². The summed E-state index contributed by atoms with van der Waals surface area (Å²) in [7, 11) is 0. The first-order chi connectivity index (χ1) is 9.72. The fraction of sp³-hybridized carbons (Fsp3) is 0.471. The van der Waals surface area contributed by atoms with Gasteiger partial charge in [-0.2, -0.15) is 5.10 Å². The third kappa shape index (κ3) is 3.86. The Hall–Kier alpha value is -1.77. The van der Waals surface area contributed by atoms with Crippen molar-refractivity contribution in [1.29, 1.82) is 0 Å². The lowest BCUT2D eigenvalue weighted by Crippen LogP contribution is -2.04. The summed E-state index contributed by atoms with van der Waals surface area (Å²) in [5.74, 6) is 0.971. The van der Waals surface area contributed by atoms with Gasteiger partial charge in [0.15, 0.2) is 0 Å². The number of unbranched alkanes of at least 4 members (excludes halogenated alkanes) is 1. The number of nitrogens with one attached hydrogen (secondary N) is 1. The second kappa shape index (κ2) is 7.13. The van der Waals surface area contributed by atoms with E-state index in [9.17, 15) is 0 Å². The maximum atomic E-state index is 4.60. The third-order valence-corrected chi connectivity index (χ3v) is 3.61. The van der Waals surface area contributed by atoms with Crippen LogP contribution in [0.5, 0.6) is 0 Å². The first-order valence-electron chi connectivity index (χ1n) is 7.59. The van der Waals surface area contributed by atoms with Crippen LogP contribution in [-0.2, 0) is 19.5 Å². The highest BCUT2D eigenvalue weighted by molar-refractivity contribution is 5.37. The topological polar surface area (TPSA) is 29.9 Å². The van der Waals surface area contributed by atoms with Crippen molar-refractivity contribution in [3.63, 3.8) is 0 Å². The molecular weight excluding hydrogens is 246 g/mol.